The lowest BCUT2D eigenvalue weighted by atomic mass is 10.1. The molecule has 112 valence electrons. The summed E-state index contributed by atoms with van der Waals surface area (Å²) in [6.45, 7) is 3.34. The second kappa shape index (κ2) is 7.70. The first-order chi connectivity index (χ1) is 10.2. The van der Waals surface area contributed by atoms with Gasteiger partial charge in [-0.25, -0.2) is 0 Å². The molecule has 0 aliphatic carbocycles. The normalized spacial score (nSPS) is 10.4. The van der Waals surface area contributed by atoms with Gasteiger partial charge in [-0.15, -0.1) is 0 Å². The number of hydrogen-bond acceptors (Lipinski definition) is 3. The lowest BCUT2D eigenvalue weighted by Crippen LogP contribution is -2.02. The summed E-state index contributed by atoms with van der Waals surface area (Å²) in [7, 11) is 1.66. The summed E-state index contributed by atoms with van der Waals surface area (Å²) in [6, 6.07) is 14.3. The number of benzene rings is 2. The number of aryl methyl sites for hydroxylation is 2. The Hall–Kier alpha value is -2.00. The maximum atomic E-state index is 5.96. The van der Waals surface area contributed by atoms with Gasteiger partial charge in [0.15, 0.2) is 11.5 Å². The van der Waals surface area contributed by atoms with E-state index in [0.717, 1.165) is 24.3 Å². The lowest BCUT2D eigenvalue weighted by molar-refractivity contribution is 0.283. The highest BCUT2D eigenvalue weighted by atomic mass is 16.5. The van der Waals surface area contributed by atoms with E-state index in [0.29, 0.717) is 13.2 Å². The number of nitrogens with two attached hydrogens (primary N) is 1. The van der Waals surface area contributed by atoms with E-state index >= 15 is 0 Å². The van der Waals surface area contributed by atoms with Gasteiger partial charge in [-0.1, -0.05) is 30.3 Å². The van der Waals surface area contributed by atoms with Crippen molar-refractivity contribution in [3.8, 4) is 11.5 Å². The third kappa shape index (κ3) is 4.23. The predicted octanol–water partition coefficient (Wildman–Crippen LogP) is 3.47. The lowest BCUT2D eigenvalue weighted by Gasteiger charge is -2.13. The summed E-state index contributed by atoms with van der Waals surface area (Å²) in [6.07, 6.45) is 1.94. The van der Waals surface area contributed by atoms with E-state index in [4.69, 9.17) is 15.2 Å². The molecule has 0 aromatic heterocycles. The molecular weight excluding hydrogens is 262 g/mol. The molecule has 0 aliphatic rings. The molecule has 2 aromatic carbocycles. The molecule has 2 aromatic rings. The van der Waals surface area contributed by atoms with Crippen LogP contribution in [0.1, 0.15) is 23.1 Å². The van der Waals surface area contributed by atoms with Gasteiger partial charge < -0.3 is 15.2 Å². The summed E-state index contributed by atoms with van der Waals surface area (Å²) >= 11 is 0. The zero-order valence-corrected chi connectivity index (χ0v) is 12.8. The Kier molecular flexibility index (Phi) is 5.64. The van der Waals surface area contributed by atoms with Crippen molar-refractivity contribution in [1.29, 1.82) is 0 Å². The van der Waals surface area contributed by atoms with E-state index in [2.05, 4.69) is 25.1 Å². The van der Waals surface area contributed by atoms with Crippen LogP contribution in [0.3, 0.4) is 0 Å². The fourth-order valence-electron chi connectivity index (χ4n) is 2.22. The van der Waals surface area contributed by atoms with Gasteiger partial charge in [0.2, 0.25) is 0 Å². The molecule has 0 saturated carbocycles. The van der Waals surface area contributed by atoms with Crippen LogP contribution in [0.4, 0.5) is 0 Å². The fraction of sp³-hybridized carbons (Fsp3) is 0.333. The molecular formula is C18H23NO2. The molecule has 0 amide bonds. The van der Waals surface area contributed by atoms with Crippen LogP contribution in [0.5, 0.6) is 11.5 Å². The molecule has 21 heavy (non-hydrogen) atoms. The van der Waals surface area contributed by atoms with Gasteiger partial charge in [-0.05, 0) is 55.1 Å². The fourth-order valence-corrected chi connectivity index (χ4v) is 2.22. The molecule has 0 saturated heterocycles. The van der Waals surface area contributed by atoms with E-state index in [-0.39, 0.29) is 0 Å². The van der Waals surface area contributed by atoms with E-state index in [1.54, 1.807) is 7.11 Å². The SMILES string of the molecule is COc1ccc(CCCN)cc1OCc1ccccc1C. The maximum absolute atomic E-state index is 5.96. The molecule has 2 N–H and O–H groups in total. The molecule has 0 radical (unpaired) electrons. The standard InChI is InChI=1S/C18H23NO2/c1-14-6-3-4-8-16(14)13-21-18-12-15(7-5-11-19)9-10-17(18)20-2/h3-4,6,8-10,12H,5,7,11,13,19H2,1-2H3. The second-order valence-electron chi connectivity index (χ2n) is 5.09. The Bertz CT molecular complexity index is 581. The largest absolute Gasteiger partial charge is 0.493 e. The topological polar surface area (TPSA) is 44.5 Å². The van der Waals surface area contributed by atoms with E-state index in [1.807, 2.05) is 24.3 Å². The minimum absolute atomic E-state index is 0.545. The Morgan fingerprint density at radius 2 is 1.86 bits per heavy atom. The average molecular weight is 285 g/mol. The van der Waals surface area contributed by atoms with Gasteiger partial charge in [0.05, 0.1) is 7.11 Å². The molecule has 3 heteroatoms. The van der Waals surface area contributed by atoms with Crippen molar-refractivity contribution < 1.29 is 9.47 Å². The van der Waals surface area contributed by atoms with Crippen LogP contribution < -0.4 is 15.2 Å². The van der Waals surface area contributed by atoms with Crippen molar-refractivity contribution in [2.75, 3.05) is 13.7 Å². The molecule has 2 rings (SSSR count). The number of rotatable bonds is 7. The second-order valence-corrected chi connectivity index (χ2v) is 5.09. The Labute approximate surface area is 126 Å². The van der Waals surface area contributed by atoms with Crippen LogP contribution in [-0.2, 0) is 13.0 Å². The van der Waals surface area contributed by atoms with Gasteiger partial charge >= 0.3 is 0 Å². The number of ether oxygens (including phenoxy) is 2. The Morgan fingerprint density at radius 3 is 2.57 bits per heavy atom. The van der Waals surface area contributed by atoms with Crippen LogP contribution in [0.25, 0.3) is 0 Å². The van der Waals surface area contributed by atoms with E-state index < -0.39 is 0 Å². The zero-order valence-electron chi connectivity index (χ0n) is 12.8. The third-order valence-corrected chi connectivity index (χ3v) is 3.54. The average Bonchev–Trinajstić information content (AvgIpc) is 2.52. The van der Waals surface area contributed by atoms with Gasteiger partial charge in [-0.2, -0.15) is 0 Å². The highest BCUT2D eigenvalue weighted by molar-refractivity contribution is 5.43. The van der Waals surface area contributed by atoms with Gasteiger partial charge in [0.25, 0.3) is 0 Å². The summed E-state index contributed by atoms with van der Waals surface area (Å²) in [5, 5.41) is 0. The minimum atomic E-state index is 0.545. The molecule has 0 bridgehead atoms. The number of hydrogen-bond donors (Lipinski definition) is 1. The summed E-state index contributed by atoms with van der Waals surface area (Å²) in [5.74, 6) is 1.55. The van der Waals surface area contributed by atoms with Crippen molar-refractivity contribution >= 4 is 0 Å². The van der Waals surface area contributed by atoms with E-state index in [1.165, 1.54) is 16.7 Å². The first kappa shape index (κ1) is 15.4. The smallest absolute Gasteiger partial charge is 0.161 e. The molecule has 0 unspecified atom stereocenters. The first-order valence-electron chi connectivity index (χ1n) is 7.29. The van der Waals surface area contributed by atoms with Crippen molar-refractivity contribution in [3.63, 3.8) is 0 Å². The van der Waals surface area contributed by atoms with Crippen LogP contribution in [-0.4, -0.2) is 13.7 Å². The molecule has 0 heterocycles. The van der Waals surface area contributed by atoms with Crippen molar-refractivity contribution in [1.82, 2.24) is 0 Å². The number of methoxy groups -OCH3 is 1. The Morgan fingerprint density at radius 1 is 1.05 bits per heavy atom. The van der Waals surface area contributed by atoms with Gasteiger partial charge in [0, 0.05) is 0 Å². The molecule has 0 spiro atoms. The maximum Gasteiger partial charge on any atom is 0.161 e. The van der Waals surface area contributed by atoms with Crippen LogP contribution in [0.2, 0.25) is 0 Å². The molecule has 3 nitrogen and oxygen atoms in total. The highest BCUT2D eigenvalue weighted by Crippen LogP contribution is 2.29. The van der Waals surface area contributed by atoms with Crippen molar-refractivity contribution in [3.05, 3.63) is 59.2 Å². The quantitative estimate of drug-likeness (QED) is 0.847. The summed E-state index contributed by atoms with van der Waals surface area (Å²) in [4.78, 5) is 0. The van der Waals surface area contributed by atoms with Gasteiger partial charge in [0.1, 0.15) is 6.61 Å². The molecule has 0 aliphatic heterocycles. The van der Waals surface area contributed by atoms with Gasteiger partial charge in [-0.3, -0.25) is 0 Å². The summed E-state index contributed by atoms with van der Waals surface area (Å²) in [5.41, 5.74) is 9.21. The monoisotopic (exact) mass is 285 g/mol. The zero-order chi connectivity index (χ0) is 15.1. The van der Waals surface area contributed by atoms with Crippen LogP contribution in [0, 0.1) is 6.92 Å². The van der Waals surface area contributed by atoms with Crippen molar-refractivity contribution in [2.24, 2.45) is 5.73 Å². The van der Waals surface area contributed by atoms with Crippen molar-refractivity contribution in [2.45, 2.75) is 26.4 Å². The van der Waals surface area contributed by atoms with E-state index in [9.17, 15) is 0 Å². The predicted molar refractivity (Wildman–Crippen MR) is 85.9 cm³/mol. The molecule has 0 atom stereocenters. The van der Waals surface area contributed by atoms with Crippen LogP contribution in [0.15, 0.2) is 42.5 Å². The summed E-state index contributed by atoms with van der Waals surface area (Å²) < 4.78 is 11.3. The third-order valence-electron chi connectivity index (χ3n) is 3.54. The first-order valence-corrected chi connectivity index (χ1v) is 7.29. The van der Waals surface area contributed by atoms with Crippen LogP contribution >= 0.6 is 0 Å². The Balaban J connectivity index is 2.12. The minimum Gasteiger partial charge on any atom is -0.493 e. The molecule has 0 fully saturated rings. The highest BCUT2D eigenvalue weighted by Gasteiger charge is 2.07.